The van der Waals surface area contributed by atoms with Crippen LogP contribution in [0.5, 0.6) is 5.75 Å². The summed E-state index contributed by atoms with van der Waals surface area (Å²) in [7, 11) is 2.21. The van der Waals surface area contributed by atoms with Crippen molar-refractivity contribution in [2.24, 2.45) is 4.99 Å². The number of nitrogens with zero attached hydrogens (tertiary/aromatic N) is 3. The molecule has 0 saturated carbocycles. The van der Waals surface area contributed by atoms with Crippen LogP contribution in [0.4, 0.5) is 0 Å². The molecule has 2 aliphatic heterocycles. The standard InChI is InChI=1S/C20H33N5O/c1-3-21-20(22-9-12-25-11-6-10-24(2)13-14-25)23-16-18-15-17-7-4-5-8-19(17)26-18/h4-5,7-8,18H,3,6,9-16H2,1-2H3,(H2,21,22,23). The Morgan fingerprint density at radius 1 is 1.19 bits per heavy atom. The van der Waals surface area contributed by atoms with E-state index in [4.69, 9.17) is 9.73 Å². The molecule has 0 spiro atoms. The quantitative estimate of drug-likeness (QED) is 0.590. The van der Waals surface area contributed by atoms with Gasteiger partial charge in [0, 0.05) is 39.1 Å². The minimum atomic E-state index is 0.143. The van der Waals surface area contributed by atoms with E-state index in [1.165, 1.54) is 25.1 Å². The fraction of sp³-hybridized carbons (Fsp3) is 0.650. The molecule has 0 radical (unpaired) electrons. The molecule has 0 amide bonds. The lowest BCUT2D eigenvalue weighted by Gasteiger charge is -2.21. The first-order valence-electron chi connectivity index (χ1n) is 9.92. The van der Waals surface area contributed by atoms with Crippen LogP contribution < -0.4 is 15.4 Å². The van der Waals surface area contributed by atoms with Crippen LogP contribution in [0.1, 0.15) is 18.9 Å². The maximum Gasteiger partial charge on any atom is 0.191 e. The van der Waals surface area contributed by atoms with Gasteiger partial charge in [-0.15, -0.1) is 0 Å². The Hall–Kier alpha value is -1.79. The molecule has 6 heteroatoms. The van der Waals surface area contributed by atoms with Gasteiger partial charge in [-0.2, -0.15) is 0 Å². The number of hydrogen-bond donors (Lipinski definition) is 2. The third-order valence-corrected chi connectivity index (χ3v) is 5.04. The van der Waals surface area contributed by atoms with Crippen LogP contribution in [-0.2, 0) is 6.42 Å². The van der Waals surface area contributed by atoms with Crippen LogP contribution in [0.3, 0.4) is 0 Å². The highest BCUT2D eigenvalue weighted by atomic mass is 16.5. The molecule has 0 aromatic heterocycles. The number of nitrogens with one attached hydrogen (secondary N) is 2. The molecule has 2 N–H and O–H groups in total. The number of likely N-dealkylation sites (N-methyl/N-ethyl adjacent to an activating group) is 1. The Morgan fingerprint density at radius 2 is 2.08 bits per heavy atom. The molecule has 26 heavy (non-hydrogen) atoms. The van der Waals surface area contributed by atoms with Gasteiger partial charge in [0.1, 0.15) is 11.9 Å². The summed E-state index contributed by atoms with van der Waals surface area (Å²) in [5.74, 6) is 1.90. The summed E-state index contributed by atoms with van der Waals surface area (Å²) < 4.78 is 5.98. The van der Waals surface area contributed by atoms with Crippen molar-refractivity contribution >= 4 is 5.96 Å². The number of aliphatic imine (C=N–C) groups is 1. The van der Waals surface area contributed by atoms with Gasteiger partial charge in [0.25, 0.3) is 0 Å². The normalized spacial score (nSPS) is 21.8. The van der Waals surface area contributed by atoms with Crippen LogP contribution in [-0.4, -0.2) is 81.3 Å². The van der Waals surface area contributed by atoms with Gasteiger partial charge in [-0.3, -0.25) is 0 Å². The predicted molar refractivity (Wildman–Crippen MR) is 107 cm³/mol. The van der Waals surface area contributed by atoms with Crippen LogP contribution >= 0.6 is 0 Å². The average molecular weight is 360 g/mol. The van der Waals surface area contributed by atoms with Gasteiger partial charge in [-0.25, -0.2) is 4.99 Å². The summed E-state index contributed by atoms with van der Waals surface area (Å²) in [5, 5.41) is 6.81. The van der Waals surface area contributed by atoms with Gasteiger partial charge in [-0.05, 0) is 45.1 Å². The highest BCUT2D eigenvalue weighted by Gasteiger charge is 2.22. The Morgan fingerprint density at radius 3 is 2.92 bits per heavy atom. The average Bonchev–Trinajstić information content (AvgIpc) is 2.95. The van der Waals surface area contributed by atoms with Gasteiger partial charge in [0.2, 0.25) is 0 Å². The number of rotatable bonds is 6. The highest BCUT2D eigenvalue weighted by Crippen LogP contribution is 2.28. The van der Waals surface area contributed by atoms with Crippen molar-refractivity contribution in [3.05, 3.63) is 29.8 Å². The molecular formula is C20H33N5O. The summed E-state index contributed by atoms with van der Waals surface area (Å²) in [6, 6.07) is 8.28. The highest BCUT2D eigenvalue weighted by molar-refractivity contribution is 5.79. The van der Waals surface area contributed by atoms with Gasteiger partial charge < -0.3 is 25.2 Å². The van der Waals surface area contributed by atoms with Gasteiger partial charge in [0.05, 0.1) is 6.54 Å². The molecular weight excluding hydrogens is 326 g/mol. The molecule has 0 aliphatic carbocycles. The lowest BCUT2D eigenvalue weighted by Crippen LogP contribution is -2.42. The van der Waals surface area contributed by atoms with Crippen molar-refractivity contribution in [3.63, 3.8) is 0 Å². The van der Waals surface area contributed by atoms with Crippen LogP contribution in [0.15, 0.2) is 29.3 Å². The van der Waals surface area contributed by atoms with E-state index in [2.05, 4.69) is 46.5 Å². The van der Waals surface area contributed by atoms with Gasteiger partial charge >= 0.3 is 0 Å². The zero-order valence-corrected chi connectivity index (χ0v) is 16.2. The molecule has 144 valence electrons. The first kappa shape index (κ1) is 19.0. The van der Waals surface area contributed by atoms with E-state index in [0.29, 0.717) is 6.54 Å². The number of para-hydroxylation sites is 1. The minimum Gasteiger partial charge on any atom is -0.488 e. The molecule has 1 aromatic carbocycles. The Balaban J connectivity index is 1.43. The molecule has 1 saturated heterocycles. The van der Waals surface area contributed by atoms with E-state index in [-0.39, 0.29) is 6.10 Å². The Labute approximate surface area is 157 Å². The van der Waals surface area contributed by atoms with E-state index in [1.54, 1.807) is 0 Å². The molecule has 2 heterocycles. The maximum absolute atomic E-state index is 5.98. The third-order valence-electron chi connectivity index (χ3n) is 5.04. The lowest BCUT2D eigenvalue weighted by atomic mass is 10.1. The number of ether oxygens (including phenoxy) is 1. The molecule has 1 atom stereocenters. The number of guanidine groups is 1. The van der Waals surface area contributed by atoms with E-state index in [0.717, 1.165) is 50.9 Å². The monoisotopic (exact) mass is 359 g/mol. The Kier molecular flexibility index (Phi) is 7.14. The van der Waals surface area contributed by atoms with Gasteiger partial charge in [-0.1, -0.05) is 18.2 Å². The summed E-state index contributed by atoms with van der Waals surface area (Å²) >= 11 is 0. The van der Waals surface area contributed by atoms with E-state index < -0.39 is 0 Å². The Bertz CT molecular complexity index is 566. The lowest BCUT2D eigenvalue weighted by molar-refractivity contribution is 0.241. The summed E-state index contributed by atoms with van der Waals surface area (Å²) in [6.45, 7) is 10.3. The minimum absolute atomic E-state index is 0.143. The zero-order valence-electron chi connectivity index (χ0n) is 16.2. The second-order valence-corrected chi connectivity index (χ2v) is 7.20. The van der Waals surface area contributed by atoms with Crippen molar-refractivity contribution in [2.45, 2.75) is 25.9 Å². The maximum atomic E-state index is 5.98. The molecule has 1 aromatic rings. The molecule has 3 rings (SSSR count). The molecule has 1 unspecified atom stereocenters. The van der Waals surface area contributed by atoms with Crippen molar-refractivity contribution in [1.29, 1.82) is 0 Å². The van der Waals surface area contributed by atoms with Crippen molar-refractivity contribution in [3.8, 4) is 5.75 Å². The second-order valence-electron chi connectivity index (χ2n) is 7.20. The van der Waals surface area contributed by atoms with Crippen LogP contribution in [0.2, 0.25) is 0 Å². The first-order valence-corrected chi connectivity index (χ1v) is 9.92. The third kappa shape index (κ3) is 5.61. The largest absolute Gasteiger partial charge is 0.488 e. The SMILES string of the molecule is CCNC(=NCC1Cc2ccccc2O1)NCCN1CCCN(C)CC1. The molecule has 1 fully saturated rings. The molecule has 2 aliphatic rings. The second kappa shape index (κ2) is 9.78. The molecule has 6 nitrogen and oxygen atoms in total. The summed E-state index contributed by atoms with van der Waals surface area (Å²) in [5.41, 5.74) is 1.29. The summed E-state index contributed by atoms with van der Waals surface area (Å²) in [4.78, 5) is 9.69. The topological polar surface area (TPSA) is 52.1 Å². The van der Waals surface area contributed by atoms with E-state index in [9.17, 15) is 0 Å². The number of fused-ring (bicyclic) bond motifs is 1. The van der Waals surface area contributed by atoms with Crippen molar-refractivity contribution in [2.75, 3.05) is 59.4 Å². The fourth-order valence-corrected chi connectivity index (χ4v) is 3.55. The fourth-order valence-electron chi connectivity index (χ4n) is 3.55. The van der Waals surface area contributed by atoms with Crippen molar-refractivity contribution < 1.29 is 4.74 Å². The van der Waals surface area contributed by atoms with Crippen molar-refractivity contribution in [1.82, 2.24) is 20.4 Å². The first-order chi connectivity index (χ1) is 12.7. The van der Waals surface area contributed by atoms with E-state index >= 15 is 0 Å². The van der Waals surface area contributed by atoms with Gasteiger partial charge in [0.15, 0.2) is 5.96 Å². The van der Waals surface area contributed by atoms with Crippen LogP contribution in [0.25, 0.3) is 0 Å². The zero-order chi connectivity index (χ0) is 18.2. The van der Waals surface area contributed by atoms with E-state index in [1.807, 2.05) is 12.1 Å². The van der Waals surface area contributed by atoms with Crippen LogP contribution in [0, 0.1) is 0 Å². The molecule has 0 bridgehead atoms. The smallest absolute Gasteiger partial charge is 0.191 e. The number of benzene rings is 1. The summed E-state index contributed by atoms with van der Waals surface area (Å²) in [6.07, 6.45) is 2.34. The number of hydrogen-bond acceptors (Lipinski definition) is 4. The predicted octanol–water partition coefficient (Wildman–Crippen LogP) is 1.18.